The van der Waals surface area contributed by atoms with Crippen molar-refractivity contribution in [3.8, 4) is 0 Å². The van der Waals surface area contributed by atoms with Crippen molar-refractivity contribution in [2.45, 2.75) is 24.2 Å². The second-order valence-corrected chi connectivity index (χ2v) is 9.48. The van der Waals surface area contributed by atoms with Crippen molar-refractivity contribution in [2.75, 3.05) is 11.1 Å². The van der Waals surface area contributed by atoms with E-state index in [4.69, 9.17) is 16.6 Å². The highest BCUT2D eigenvalue weighted by atomic mass is 35.5. The number of aromatic nitrogens is 1. The van der Waals surface area contributed by atoms with E-state index < -0.39 is 0 Å². The quantitative estimate of drug-likeness (QED) is 0.381. The van der Waals surface area contributed by atoms with E-state index in [9.17, 15) is 4.79 Å². The number of carbonyl (C=O) groups excluding carboxylic acids is 1. The lowest BCUT2D eigenvalue weighted by Gasteiger charge is -2.03. The fourth-order valence-electron chi connectivity index (χ4n) is 3.73. The number of hydrogen-bond donors (Lipinski definition) is 1. The summed E-state index contributed by atoms with van der Waals surface area (Å²) in [4.78, 5) is 18.2. The number of hydrogen-bond acceptors (Lipinski definition) is 4. The molecule has 0 spiro atoms. The summed E-state index contributed by atoms with van der Waals surface area (Å²) in [6.45, 7) is 0. The van der Waals surface area contributed by atoms with Crippen molar-refractivity contribution >= 4 is 66.7 Å². The monoisotopic (exact) mass is 424 g/mol. The first-order valence-corrected chi connectivity index (χ1v) is 11.4. The van der Waals surface area contributed by atoms with E-state index in [0.717, 1.165) is 38.7 Å². The Balaban J connectivity index is 1.30. The van der Waals surface area contributed by atoms with Crippen LogP contribution < -0.4 is 5.32 Å². The molecule has 1 aliphatic carbocycles. The second kappa shape index (κ2) is 7.39. The minimum Gasteiger partial charge on any atom is -0.302 e. The van der Waals surface area contributed by atoms with Gasteiger partial charge in [0.25, 0.3) is 0 Å². The summed E-state index contributed by atoms with van der Waals surface area (Å²) in [5.41, 5.74) is 3.81. The molecule has 3 aromatic carbocycles. The molecule has 28 heavy (non-hydrogen) atoms. The van der Waals surface area contributed by atoms with Crippen molar-refractivity contribution in [2.24, 2.45) is 0 Å². The van der Waals surface area contributed by atoms with Crippen LogP contribution in [0.15, 0.2) is 53.4 Å². The first-order valence-electron chi connectivity index (χ1n) is 9.19. The molecule has 0 atom stereocenters. The maximum Gasteiger partial charge on any atom is 0.226 e. The summed E-state index contributed by atoms with van der Waals surface area (Å²) in [6.07, 6.45) is 2.64. The number of carbonyl (C=O) groups is 1. The number of anilines is 1. The zero-order valence-electron chi connectivity index (χ0n) is 15.0. The predicted octanol–water partition coefficient (Wildman–Crippen LogP) is 6.32. The van der Waals surface area contributed by atoms with Crippen LogP contribution in [0.2, 0.25) is 5.02 Å². The molecule has 4 aromatic rings. The van der Waals surface area contributed by atoms with Gasteiger partial charge in [-0.1, -0.05) is 41.1 Å². The van der Waals surface area contributed by atoms with Gasteiger partial charge in [0.05, 0.1) is 10.2 Å². The third-order valence-corrected chi connectivity index (χ3v) is 7.19. The van der Waals surface area contributed by atoms with Gasteiger partial charge in [-0.3, -0.25) is 4.79 Å². The first kappa shape index (κ1) is 18.0. The van der Waals surface area contributed by atoms with Crippen molar-refractivity contribution < 1.29 is 4.79 Å². The van der Waals surface area contributed by atoms with Gasteiger partial charge in [-0.2, -0.15) is 0 Å². The number of aryl methyl sites for hydroxylation is 2. The molecule has 0 saturated heterocycles. The van der Waals surface area contributed by atoms with Gasteiger partial charge in [0.2, 0.25) is 5.91 Å². The fourth-order valence-corrected chi connectivity index (χ4v) is 5.67. The first-order chi connectivity index (χ1) is 13.7. The largest absolute Gasteiger partial charge is 0.302 e. The van der Waals surface area contributed by atoms with Crippen LogP contribution >= 0.6 is 34.7 Å². The predicted molar refractivity (Wildman–Crippen MR) is 120 cm³/mol. The SMILES string of the molecule is O=C(CCSc1ccc(Cl)cc1)Nc1nc2c(cc3c4c(cccc42)CC3)s1. The normalized spacial score (nSPS) is 12.8. The van der Waals surface area contributed by atoms with E-state index in [1.165, 1.54) is 21.9 Å². The van der Waals surface area contributed by atoms with E-state index in [1.54, 1.807) is 23.1 Å². The highest BCUT2D eigenvalue weighted by Gasteiger charge is 2.18. The molecule has 1 heterocycles. The molecule has 0 radical (unpaired) electrons. The number of fused-ring (bicyclic) bond motifs is 2. The van der Waals surface area contributed by atoms with Crippen LogP contribution in [0.3, 0.4) is 0 Å². The lowest BCUT2D eigenvalue weighted by Crippen LogP contribution is -2.11. The average molecular weight is 425 g/mol. The highest BCUT2D eigenvalue weighted by molar-refractivity contribution is 7.99. The summed E-state index contributed by atoms with van der Waals surface area (Å²) in [6, 6.07) is 16.4. The van der Waals surface area contributed by atoms with E-state index in [-0.39, 0.29) is 5.91 Å². The van der Waals surface area contributed by atoms with Crippen LogP contribution in [-0.4, -0.2) is 16.6 Å². The number of nitrogens with one attached hydrogen (secondary N) is 1. The standard InChI is InChI=1S/C22H17ClN2OS2/c23-15-6-8-16(9-7-15)27-11-10-19(26)24-22-25-21-17-3-1-2-13-4-5-14(20(13)17)12-18(21)28-22/h1-3,6-9,12H,4-5,10-11H2,(H,24,25,26). The van der Waals surface area contributed by atoms with Crippen molar-refractivity contribution in [3.05, 3.63) is 64.7 Å². The Morgan fingerprint density at radius 2 is 1.96 bits per heavy atom. The minimum atomic E-state index is -0.00201. The minimum absolute atomic E-state index is 0.00201. The van der Waals surface area contributed by atoms with Gasteiger partial charge in [0.15, 0.2) is 5.13 Å². The molecule has 0 fully saturated rings. The number of halogens is 1. The molecule has 6 heteroatoms. The van der Waals surface area contributed by atoms with Gasteiger partial charge < -0.3 is 5.32 Å². The Kier molecular flexibility index (Phi) is 4.75. The van der Waals surface area contributed by atoms with E-state index in [2.05, 4.69) is 29.6 Å². The number of thioether (sulfide) groups is 1. The Morgan fingerprint density at radius 1 is 1.14 bits per heavy atom. The van der Waals surface area contributed by atoms with Gasteiger partial charge in [-0.05, 0) is 59.7 Å². The summed E-state index contributed by atoms with van der Waals surface area (Å²) in [7, 11) is 0. The maximum atomic E-state index is 12.4. The Bertz CT molecular complexity index is 1200. The molecular weight excluding hydrogens is 408 g/mol. The van der Waals surface area contributed by atoms with Gasteiger partial charge in [-0.25, -0.2) is 4.98 Å². The van der Waals surface area contributed by atoms with Crippen molar-refractivity contribution in [1.29, 1.82) is 0 Å². The summed E-state index contributed by atoms with van der Waals surface area (Å²) in [5, 5.41) is 6.95. The fraction of sp³-hybridized carbons (Fsp3) is 0.182. The van der Waals surface area contributed by atoms with Gasteiger partial charge in [-0.15, -0.1) is 11.8 Å². The van der Waals surface area contributed by atoms with Crippen molar-refractivity contribution in [1.82, 2.24) is 4.98 Å². The van der Waals surface area contributed by atoms with E-state index in [1.807, 2.05) is 24.3 Å². The average Bonchev–Trinajstić information content (AvgIpc) is 3.29. The molecule has 1 aromatic heterocycles. The number of rotatable bonds is 5. The molecular formula is C22H17ClN2OS2. The van der Waals surface area contributed by atoms with E-state index >= 15 is 0 Å². The zero-order valence-corrected chi connectivity index (χ0v) is 17.4. The Hall–Kier alpha value is -2.08. The summed E-state index contributed by atoms with van der Waals surface area (Å²) >= 11 is 9.11. The molecule has 0 saturated carbocycles. The van der Waals surface area contributed by atoms with Crippen LogP contribution in [0.25, 0.3) is 21.0 Å². The number of nitrogens with zero attached hydrogens (tertiary/aromatic N) is 1. The molecule has 1 N–H and O–H groups in total. The number of amides is 1. The molecule has 1 amide bonds. The summed E-state index contributed by atoms with van der Waals surface area (Å²) < 4.78 is 1.15. The van der Waals surface area contributed by atoms with Crippen molar-refractivity contribution in [3.63, 3.8) is 0 Å². The summed E-state index contributed by atoms with van der Waals surface area (Å²) in [5.74, 6) is 0.715. The lowest BCUT2D eigenvalue weighted by molar-refractivity contribution is -0.115. The number of thiazole rings is 1. The van der Waals surface area contributed by atoms with Crippen LogP contribution in [0, 0.1) is 0 Å². The molecule has 0 bridgehead atoms. The van der Waals surface area contributed by atoms with E-state index in [0.29, 0.717) is 11.6 Å². The second-order valence-electron chi connectivity index (χ2n) is 6.84. The zero-order chi connectivity index (χ0) is 19.1. The molecule has 3 nitrogen and oxygen atoms in total. The van der Waals surface area contributed by atoms with Gasteiger partial charge in [0.1, 0.15) is 0 Å². The topological polar surface area (TPSA) is 42.0 Å². The van der Waals surface area contributed by atoms with Crippen LogP contribution in [-0.2, 0) is 17.6 Å². The van der Waals surface area contributed by atoms with Crippen LogP contribution in [0.4, 0.5) is 5.13 Å². The number of benzene rings is 3. The lowest BCUT2D eigenvalue weighted by atomic mass is 10.0. The Morgan fingerprint density at radius 3 is 2.82 bits per heavy atom. The highest BCUT2D eigenvalue weighted by Crippen LogP contribution is 2.39. The third-order valence-electron chi connectivity index (χ3n) is 5.01. The van der Waals surface area contributed by atoms with Gasteiger partial charge >= 0.3 is 0 Å². The van der Waals surface area contributed by atoms with Crippen LogP contribution in [0.5, 0.6) is 0 Å². The van der Waals surface area contributed by atoms with Crippen LogP contribution in [0.1, 0.15) is 17.5 Å². The molecule has 5 rings (SSSR count). The molecule has 0 unspecified atom stereocenters. The molecule has 140 valence electrons. The van der Waals surface area contributed by atoms with Gasteiger partial charge in [0, 0.05) is 27.5 Å². The maximum absolute atomic E-state index is 12.4. The smallest absolute Gasteiger partial charge is 0.226 e. The molecule has 1 aliphatic rings. The Labute approximate surface area is 176 Å². The third kappa shape index (κ3) is 3.39. The molecule has 0 aliphatic heterocycles.